The van der Waals surface area contributed by atoms with Gasteiger partial charge in [0.2, 0.25) is 41.4 Å². The van der Waals surface area contributed by atoms with Gasteiger partial charge in [-0.25, -0.2) is 9.59 Å². The number of carboxylic acids is 1. The van der Waals surface area contributed by atoms with E-state index in [9.17, 15) is 57.8 Å². The molecule has 2 aliphatic rings. The van der Waals surface area contributed by atoms with Gasteiger partial charge < -0.3 is 61.6 Å². The summed E-state index contributed by atoms with van der Waals surface area (Å²) in [4.78, 5) is 154. The monoisotopic (exact) mass is 1310 g/mol. The van der Waals surface area contributed by atoms with Crippen molar-refractivity contribution in [3.05, 3.63) is 77.9 Å². The smallest absolute Gasteiger partial charge is 0.326 e. The maximum absolute atomic E-state index is 14.9. The summed E-state index contributed by atoms with van der Waals surface area (Å²) in [5.41, 5.74) is 7.49. The highest BCUT2D eigenvalue weighted by Gasteiger charge is 2.44. The number of hydrogen-bond donors (Lipinski definition) is 7. The van der Waals surface area contributed by atoms with Crippen LogP contribution in [0.5, 0.6) is 0 Å². The number of carbonyl (C=O) groups excluding carboxylic acids is 10. The van der Waals surface area contributed by atoms with Crippen LogP contribution < -0.4 is 37.2 Å². The summed E-state index contributed by atoms with van der Waals surface area (Å²) in [5, 5.41) is 24.0. The first kappa shape index (κ1) is 78.7. The number of carboxylic acid groups (broad SMARTS) is 1. The third kappa shape index (κ3) is 23.0. The lowest BCUT2D eigenvalue weighted by Gasteiger charge is -2.41. The van der Waals surface area contributed by atoms with Gasteiger partial charge in [0.05, 0.1) is 42.7 Å². The molecule has 0 bridgehead atoms. The summed E-state index contributed by atoms with van der Waals surface area (Å²) in [6, 6.07) is 9.74. The van der Waals surface area contributed by atoms with Gasteiger partial charge in [-0.3, -0.25) is 53.0 Å². The van der Waals surface area contributed by atoms with Gasteiger partial charge >= 0.3 is 12.0 Å². The molecular weight excluding hydrogens is 1210 g/mol. The van der Waals surface area contributed by atoms with Crippen LogP contribution in [0.15, 0.2) is 66.7 Å². The molecule has 25 nitrogen and oxygen atoms in total. The number of methoxy groups -OCH3 is 2. The number of anilines is 1. The van der Waals surface area contributed by atoms with Gasteiger partial charge in [-0.15, -0.1) is 0 Å². The summed E-state index contributed by atoms with van der Waals surface area (Å²) < 4.78 is 12.0. The number of ether oxygens (including phenoxy) is 2. The average molecular weight is 1310 g/mol. The van der Waals surface area contributed by atoms with Gasteiger partial charge in [0, 0.05) is 85.2 Å². The lowest BCUT2D eigenvalue weighted by Crippen LogP contribution is -2.60. The van der Waals surface area contributed by atoms with E-state index < -0.39 is 90.1 Å². The number of urea groups is 1. The van der Waals surface area contributed by atoms with Gasteiger partial charge in [0.25, 0.3) is 11.8 Å². The van der Waals surface area contributed by atoms with Crippen molar-refractivity contribution in [3.8, 4) is 0 Å². The van der Waals surface area contributed by atoms with Crippen molar-refractivity contribution >= 4 is 70.9 Å². The van der Waals surface area contributed by atoms with Crippen LogP contribution in [-0.4, -0.2) is 206 Å². The second-order valence-electron chi connectivity index (χ2n) is 26.1. The summed E-state index contributed by atoms with van der Waals surface area (Å²) in [7, 11) is 8.11. The fourth-order valence-electron chi connectivity index (χ4n) is 12.5. The molecule has 0 saturated carbocycles. The minimum Gasteiger partial charge on any atom is -0.480 e. The molecule has 11 atom stereocenters. The zero-order chi connectivity index (χ0) is 70.1. The molecule has 522 valence electrons. The molecule has 0 unspecified atom stereocenters. The number of aliphatic carboxylic acids is 1. The van der Waals surface area contributed by atoms with Crippen LogP contribution in [0.25, 0.3) is 0 Å². The van der Waals surface area contributed by atoms with Gasteiger partial charge in [-0.05, 0) is 98.9 Å². The lowest BCUT2D eigenvalue weighted by molar-refractivity contribution is -0.148. The molecule has 0 radical (unpaired) electrons. The van der Waals surface area contributed by atoms with E-state index in [4.69, 9.17) is 15.2 Å². The molecule has 2 aliphatic heterocycles. The van der Waals surface area contributed by atoms with Crippen LogP contribution in [0, 0.1) is 29.6 Å². The summed E-state index contributed by atoms with van der Waals surface area (Å²) >= 11 is 0. The highest BCUT2D eigenvalue weighted by atomic mass is 16.5. The SMILES string of the molecule is CC[C@H](C)[C@@H]([C@@H](CC(=O)N1CCC[C@H]1[C@H](OC)[C@@H](C)C(=O)N[C@@H](Cc1ccccc1)C(=O)O)OC)N(C)C(=O)[C@@H](NC(=O)[C@H](C(C)C)N(C)CCc1ccc(N(C)C(=O)[C@H](CCCNC(N)=O)NC(=O)[C@@H](NC(=O)CCCCCN2C(=O)C=CC2=O)C(C)C)cc1)C(C)C. The molecule has 1 saturated heterocycles. The molecule has 25 heteroatoms. The Bertz CT molecular complexity index is 2870. The van der Waals surface area contributed by atoms with Crippen LogP contribution in [0.1, 0.15) is 138 Å². The number of rotatable bonds is 40. The fraction of sp³-hybridized carbons (Fsp3) is 0.638. The number of imide groups is 1. The molecule has 8 N–H and O–H groups in total. The lowest BCUT2D eigenvalue weighted by atomic mass is 9.89. The number of primary amides is 1. The number of nitrogens with two attached hydrogens (primary N) is 1. The standard InChI is InChI=1S/C69H107N11O14/c1-15-45(8)61(53(93-13)41-57(84)79-38-23-27-52(79)62(94-14)46(9)63(85)73-51(68(90)91)40-48-24-18-16-19-25-48)78(12)67(89)59(43(4)5)75-65(87)60(44(6)7)76(10)39-35-47-29-31-49(32-30-47)77(11)66(88)50(26-22-36-71-69(70)92)72-64(86)58(42(2)3)74-54(81)28-20-17-21-37-80-55(82)33-34-56(80)83/h16,18-19,24-25,29-34,42-46,50-53,58-62H,15,17,20-23,26-28,35-41H2,1-14H3,(H,72,86)(H,73,85)(H,74,81)(H,75,87)(H,90,91)(H3,70,71,92)/t45-,46+,50-,51-,52-,53+,58-,59-,60-,61-,62+/m0/s1. The molecule has 2 heterocycles. The van der Waals surface area contributed by atoms with Gasteiger partial charge in [0.15, 0.2) is 0 Å². The molecule has 4 rings (SSSR count). The Morgan fingerprint density at radius 3 is 1.89 bits per heavy atom. The van der Waals surface area contributed by atoms with Gasteiger partial charge in [0.1, 0.15) is 24.2 Å². The number of carbonyl (C=O) groups is 11. The minimum absolute atomic E-state index is 0.0899. The third-order valence-electron chi connectivity index (χ3n) is 18.2. The van der Waals surface area contributed by atoms with Crippen LogP contribution in [0.4, 0.5) is 10.5 Å². The van der Waals surface area contributed by atoms with Crippen molar-refractivity contribution in [3.63, 3.8) is 0 Å². The zero-order valence-electron chi connectivity index (χ0n) is 57.8. The Balaban J connectivity index is 1.40. The quantitative estimate of drug-likeness (QED) is 0.0355. The molecule has 0 aliphatic carbocycles. The number of benzene rings is 2. The van der Waals surface area contributed by atoms with Crippen molar-refractivity contribution in [2.45, 2.75) is 194 Å². The molecule has 0 spiro atoms. The normalized spacial score (nSPS) is 17.2. The van der Waals surface area contributed by atoms with Crippen LogP contribution >= 0.6 is 0 Å². The average Bonchev–Trinajstić information content (AvgIpc) is 1.33. The molecule has 94 heavy (non-hydrogen) atoms. The number of hydrogen-bond acceptors (Lipinski definition) is 14. The van der Waals surface area contributed by atoms with Gasteiger partial charge in [-0.1, -0.05) is 118 Å². The molecule has 2 aromatic rings. The van der Waals surface area contributed by atoms with Crippen molar-refractivity contribution in [1.82, 2.24) is 46.2 Å². The van der Waals surface area contributed by atoms with Crippen molar-refractivity contribution in [2.75, 3.05) is 66.4 Å². The topological polar surface area (TPSA) is 329 Å². The predicted octanol–water partition coefficient (Wildman–Crippen LogP) is 4.58. The molecule has 0 aromatic heterocycles. The first-order valence-electron chi connectivity index (χ1n) is 33.2. The summed E-state index contributed by atoms with van der Waals surface area (Å²) in [6.07, 6.45) is 5.38. The summed E-state index contributed by atoms with van der Waals surface area (Å²) in [6.45, 7) is 18.1. The summed E-state index contributed by atoms with van der Waals surface area (Å²) in [5.74, 6) is -6.51. The number of unbranched alkanes of at least 4 members (excludes halogenated alkanes) is 2. The van der Waals surface area contributed by atoms with Crippen molar-refractivity contribution in [2.24, 2.45) is 35.3 Å². The van der Waals surface area contributed by atoms with Crippen molar-refractivity contribution < 1.29 is 67.3 Å². The van der Waals surface area contributed by atoms with Crippen LogP contribution in [0.3, 0.4) is 0 Å². The Kier molecular flexibility index (Phi) is 32.3. The highest BCUT2D eigenvalue weighted by Crippen LogP contribution is 2.30. The predicted molar refractivity (Wildman–Crippen MR) is 357 cm³/mol. The molecule has 2 aromatic carbocycles. The molecular formula is C69H107N11O14. The highest BCUT2D eigenvalue weighted by molar-refractivity contribution is 6.12. The van der Waals surface area contributed by atoms with Gasteiger partial charge in [-0.2, -0.15) is 0 Å². The van der Waals surface area contributed by atoms with E-state index in [1.807, 2.05) is 71.7 Å². The molecule has 1 fully saturated rings. The number of nitrogens with zero attached hydrogens (tertiary/aromatic N) is 5. The van der Waals surface area contributed by atoms with E-state index >= 15 is 0 Å². The maximum Gasteiger partial charge on any atom is 0.326 e. The fourth-order valence-corrected chi connectivity index (χ4v) is 12.5. The van der Waals surface area contributed by atoms with E-state index in [0.717, 1.165) is 16.0 Å². The number of likely N-dealkylation sites (tertiary alicyclic amines) is 1. The first-order valence-corrected chi connectivity index (χ1v) is 33.2. The Hall–Kier alpha value is -7.77. The van der Waals surface area contributed by atoms with E-state index in [1.54, 1.807) is 81.1 Å². The van der Waals surface area contributed by atoms with E-state index in [0.29, 0.717) is 70.1 Å². The largest absolute Gasteiger partial charge is 0.480 e. The number of likely N-dealkylation sites (N-methyl/N-ethyl adjacent to an activating group) is 3. The van der Waals surface area contributed by atoms with Crippen molar-refractivity contribution in [1.29, 1.82) is 0 Å². The Morgan fingerprint density at radius 1 is 0.702 bits per heavy atom. The molecule has 11 amide bonds. The van der Waals surface area contributed by atoms with E-state index in [1.165, 1.54) is 31.3 Å². The van der Waals surface area contributed by atoms with Crippen LogP contribution in [0.2, 0.25) is 0 Å². The number of nitrogens with one attached hydrogen (secondary N) is 5. The Morgan fingerprint density at radius 2 is 1.33 bits per heavy atom. The number of amides is 11. The maximum atomic E-state index is 14.9. The second-order valence-corrected chi connectivity index (χ2v) is 26.1. The van der Waals surface area contributed by atoms with E-state index in [-0.39, 0.29) is 97.9 Å². The Labute approximate surface area is 555 Å². The minimum atomic E-state index is -1.18. The second kappa shape index (κ2) is 38.6. The van der Waals surface area contributed by atoms with E-state index in [2.05, 4.69) is 26.6 Å². The first-order chi connectivity index (χ1) is 44.5. The van der Waals surface area contributed by atoms with Crippen LogP contribution in [-0.2, 0) is 70.3 Å². The zero-order valence-corrected chi connectivity index (χ0v) is 57.8. The third-order valence-corrected chi connectivity index (χ3v) is 18.2.